The Balaban J connectivity index is 0.000000176. The number of aliphatic hydroxyl groups is 2. The van der Waals surface area contributed by atoms with Crippen LogP contribution in [0, 0.1) is 0 Å². The molecule has 0 aliphatic carbocycles. The summed E-state index contributed by atoms with van der Waals surface area (Å²) < 4.78 is 18.0. The molecule has 0 aromatic rings. The van der Waals surface area contributed by atoms with Gasteiger partial charge in [0.15, 0.2) is 0 Å². The molecule has 16 heavy (non-hydrogen) atoms. The van der Waals surface area contributed by atoms with Crippen LogP contribution in [0.5, 0.6) is 0 Å². The molecule has 4 aliphatic heterocycles. The summed E-state index contributed by atoms with van der Waals surface area (Å²) in [7, 11) is 0. The molecular weight excluding hydrogens is 216 g/mol. The van der Waals surface area contributed by atoms with Gasteiger partial charge in [0.05, 0.1) is 66.1 Å². The second-order valence-electron chi connectivity index (χ2n) is 2.90. The van der Waals surface area contributed by atoms with Crippen molar-refractivity contribution in [3.05, 3.63) is 0 Å². The Morgan fingerprint density at radius 2 is 0.625 bits per heavy atom. The third-order valence-electron chi connectivity index (χ3n) is 0.916. The van der Waals surface area contributed by atoms with E-state index in [0.717, 1.165) is 52.9 Å². The first-order valence-corrected chi connectivity index (χ1v) is 5.44. The molecule has 4 heterocycles. The zero-order chi connectivity index (χ0) is 11.9. The zero-order valence-corrected chi connectivity index (χ0v) is 9.60. The van der Waals surface area contributed by atoms with Gasteiger partial charge in [0.2, 0.25) is 0 Å². The molecule has 4 saturated heterocycles. The van der Waals surface area contributed by atoms with E-state index >= 15 is 0 Å². The molecule has 4 aliphatic rings. The molecule has 0 amide bonds. The lowest BCUT2D eigenvalue weighted by Gasteiger charge is -1.70. The first-order valence-electron chi connectivity index (χ1n) is 5.44. The van der Waals surface area contributed by atoms with Gasteiger partial charge in [-0.3, -0.25) is 0 Å². The molecule has 0 bridgehead atoms. The Labute approximate surface area is 96.1 Å². The van der Waals surface area contributed by atoms with E-state index in [1.807, 2.05) is 0 Å². The van der Waals surface area contributed by atoms with E-state index in [2.05, 4.69) is 18.9 Å². The molecule has 0 radical (unpaired) electrons. The van der Waals surface area contributed by atoms with Gasteiger partial charge in [0.25, 0.3) is 0 Å². The molecule has 0 atom stereocenters. The minimum Gasteiger partial charge on any atom is -0.394 e. The summed E-state index contributed by atoms with van der Waals surface area (Å²) in [5, 5.41) is 15.2. The molecule has 4 rings (SSSR count). The number of hydrogen-bond donors (Lipinski definition) is 2. The largest absolute Gasteiger partial charge is 0.394 e. The Bertz CT molecular complexity index is 76.9. The fourth-order valence-electron chi connectivity index (χ4n) is 0. The minimum absolute atomic E-state index is 0.125. The van der Waals surface area contributed by atoms with Crippen LogP contribution >= 0.6 is 0 Å². The number of rotatable bonds is 1. The molecule has 6 heteroatoms. The average Bonchev–Trinajstić information content (AvgIpc) is 3.24. The van der Waals surface area contributed by atoms with Gasteiger partial charge in [-0.05, 0) is 0 Å². The predicted octanol–water partition coefficient (Wildman–Crippen LogP) is -0.963. The van der Waals surface area contributed by atoms with E-state index in [4.69, 9.17) is 10.2 Å². The highest BCUT2D eigenvalue weighted by atomic mass is 16.6. The summed E-state index contributed by atoms with van der Waals surface area (Å²) in [6.45, 7) is 7.75. The standard InChI is InChI=1S/C2H6O2.4C2H4O/c3-1-2-4;4*1-2-3-1/h3-4H,1-2H2;4*1-2H2. The molecule has 0 spiro atoms. The van der Waals surface area contributed by atoms with Gasteiger partial charge in [0, 0.05) is 0 Å². The van der Waals surface area contributed by atoms with E-state index < -0.39 is 0 Å². The third kappa shape index (κ3) is 98.9. The van der Waals surface area contributed by atoms with Gasteiger partial charge < -0.3 is 29.2 Å². The summed E-state index contributed by atoms with van der Waals surface area (Å²) in [5.74, 6) is 0. The van der Waals surface area contributed by atoms with Gasteiger partial charge in [-0.2, -0.15) is 0 Å². The van der Waals surface area contributed by atoms with Crippen LogP contribution in [0.25, 0.3) is 0 Å². The van der Waals surface area contributed by atoms with Crippen molar-refractivity contribution in [2.75, 3.05) is 66.1 Å². The van der Waals surface area contributed by atoms with Crippen molar-refractivity contribution in [1.82, 2.24) is 0 Å². The van der Waals surface area contributed by atoms with Crippen molar-refractivity contribution in [3.63, 3.8) is 0 Å². The van der Waals surface area contributed by atoms with Crippen LogP contribution in [-0.2, 0) is 18.9 Å². The third-order valence-corrected chi connectivity index (χ3v) is 0.916. The lowest BCUT2D eigenvalue weighted by atomic mass is 10.8. The quantitative estimate of drug-likeness (QED) is 0.572. The highest BCUT2D eigenvalue weighted by Crippen LogP contribution is 1.85. The van der Waals surface area contributed by atoms with Crippen molar-refractivity contribution < 1.29 is 29.2 Å². The van der Waals surface area contributed by atoms with Gasteiger partial charge in [-0.15, -0.1) is 0 Å². The Kier molecular flexibility index (Phi) is 14.5. The van der Waals surface area contributed by atoms with Crippen LogP contribution in [0.15, 0.2) is 0 Å². The SMILES string of the molecule is C1CO1.C1CO1.C1CO1.C1CO1.OCCO. The fourth-order valence-corrected chi connectivity index (χ4v) is 0. The maximum Gasteiger partial charge on any atom is 0.0701 e. The highest BCUT2D eigenvalue weighted by molar-refractivity contribution is 4.37. The molecule has 4 fully saturated rings. The van der Waals surface area contributed by atoms with Crippen LogP contribution in [0.1, 0.15) is 0 Å². The monoisotopic (exact) mass is 238 g/mol. The van der Waals surface area contributed by atoms with Crippen molar-refractivity contribution in [2.45, 2.75) is 0 Å². The van der Waals surface area contributed by atoms with E-state index in [-0.39, 0.29) is 13.2 Å². The number of hydrogen-bond acceptors (Lipinski definition) is 6. The minimum atomic E-state index is -0.125. The fraction of sp³-hybridized carbons (Fsp3) is 1.00. The van der Waals surface area contributed by atoms with Crippen molar-refractivity contribution in [3.8, 4) is 0 Å². The van der Waals surface area contributed by atoms with Crippen molar-refractivity contribution in [1.29, 1.82) is 0 Å². The van der Waals surface area contributed by atoms with Crippen LogP contribution in [0.3, 0.4) is 0 Å². The lowest BCUT2D eigenvalue weighted by Crippen LogP contribution is -1.85. The van der Waals surface area contributed by atoms with Gasteiger partial charge in [0.1, 0.15) is 0 Å². The molecular formula is C10H22O6. The average molecular weight is 238 g/mol. The molecule has 6 nitrogen and oxygen atoms in total. The first-order chi connectivity index (χ1) is 7.91. The van der Waals surface area contributed by atoms with Crippen LogP contribution in [0.2, 0.25) is 0 Å². The number of epoxide rings is 4. The van der Waals surface area contributed by atoms with Crippen LogP contribution in [-0.4, -0.2) is 76.3 Å². The van der Waals surface area contributed by atoms with E-state index in [1.165, 1.54) is 0 Å². The first kappa shape index (κ1) is 15.8. The summed E-state index contributed by atoms with van der Waals surface area (Å²) in [5.41, 5.74) is 0. The summed E-state index contributed by atoms with van der Waals surface area (Å²) >= 11 is 0. The maximum absolute atomic E-state index is 7.62. The molecule has 98 valence electrons. The summed E-state index contributed by atoms with van der Waals surface area (Å²) in [6, 6.07) is 0. The molecule has 2 N–H and O–H groups in total. The Hall–Kier alpha value is -0.240. The van der Waals surface area contributed by atoms with E-state index in [1.54, 1.807) is 0 Å². The van der Waals surface area contributed by atoms with Crippen molar-refractivity contribution in [2.24, 2.45) is 0 Å². The normalized spacial score (nSPS) is 19.9. The second-order valence-corrected chi connectivity index (χ2v) is 2.90. The lowest BCUT2D eigenvalue weighted by molar-refractivity contribution is 0.186. The maximum atomic E-state index is 7.62. The molecule has 0 aromatic carbocycles. The predicted molar refractivity (Wildman–Crippen MR) is 57.4 cm³/mol. The Morgan fingerprint density at radius 3 is 0.625 bits per heavy atom. The molecule has 0 unspecified atom stereocenters. The van der Waals surface area contributed by atoms with Gasteiger partial charge in [-0.25, -0.2) is 0 Å². The van der Waals surface area contributed by atoms with Gasteiger partial charge >= 0.3 is 0 Å². The zero-order valence-electron chi connectivity index (χ0n) is 9.60. The smallest absolute Gasteiger partial charge is 0.0701 e. The van der Waals surface area contributed by atoms with E-state index in [9.17, 15) is 0 Å². The highest BCUT2D eigenvalue weighted by Gasteiger charge is 1.94. The number of aliphatic hydroxyl groups excluding tert-OH is 2. The molecule has 0 saturated carbocycles. The number of ether oxygens (including phenoxy) is 4. The second kappa shape index (κ2) is 14.8. The van der Waals surface area contributed by atoms with Crippen molar-refractivity contribution >= 4 is 0 Å². The molecule has 0 aromatic heterocycles. The summed E-state index contributed by atoms with van der Waals surface area (Å²) in [4.78, 5) is 0. The summed E-state index contributed by atoms with van der Waals surface area (Å²) in [6.07, 6.45) is 0. The Morgan fingerprint density at radius 1 is 0.500 bits per heavy atom. The topological polar surface area (TPSA) is 90.6 Å². The van der Waals surface area contributed by atoms with Crippen LogP contribution < -0.4 is 0 Å². The van der Waals surface area contributed by atoms with Crippen LogP contribution in [0.4, 0.5) is 0 Å². The van der Waals surface area contributed by atoms with Gasteiger partial charge in [-0.1, -0.05) is 0 Å². The van der Waals surface area contributed by atoms with E-state index in [0.29, 0.717) is 0 Å².